The number of rotatable bonds is 2. The Morgan fingerprint density at radius 3 is 3.18 bits per heavy atom. The molecule has 0 bridgehead atoms. The van der Waals surface area contributed by atoms with E-state index in [1.54, 1.807) is 0 Å². The highest BCUT2D eigenvalue weighted by atomic mass is 16.5. The van der Waals surface area contributed by atoms with Gasteiger partial charge in [-0.1, -0.05) is 6.08 Å². The molecule has 0 aromatic carbocycles. The van der Waals surface area contributed by atoms with Crippen molar-refractivity contribution in [2.45, 2.75) is 13.3 Å². The van der Waals surface area contributed by atoms with Gasteiger partial charge in [-0.2, -0.15) is 0 Å². The first-order valence-corrected chi connectivity index (χ1v) is 3.68. The predicted octanol–water partition coefficient (Wildman–Crippen LogP) is 0.896. The predicted molar refractivity (Wildman–Crippen MR) is 40.2 cm³/mol. The minimum Gasteiger partial charge on any atom is -0.461 e. The first kappa shape index (κ1) is 8.27. The van der Waals surface area contributed by atoms with Crippen molar-refractivity contribution in [1.82, 2.24) is 0 Å². The van der Waals surface area contributed by atoms with Crippen LogP contribution >= 0.6 is 0 Å². The molecule has 1 heterocycles. The average Bonchev–Trinajstić information content (AvgIpc) is 2.03. The number of esters is 1. The highest BCUT2D eigenvalue weighted by Crippen LogP contribution is 2.05. The number of carbonyl (C=O) groups is 1. The van der Waals surface area contributed by atoms with E-state index in [9.17, 15) is 4.79 Å². The van der Waals surface area contributed by atoms with Gasteiger partial charge in [0.1, 0.15) is 6.61 Å². The highest BCUT2D eigenvalue weighted by molar-refractivity contribution is 5.66. The topological polar surface area (TPSA) is 35.5 Å². The molecule has 11 heavy (non-hydrogen) atoms. The second kappa shape index (κ2) is 4.13. The van der Waals surface area contributed by atoms with Crippen LogP contribution in [0.5, 0.6) is 0 Å². The molecule has 0 spiro atoms. The summed E-state index contributed by atoms with van der Waals surface area (Å²) in [5.41, 5.74) is 1.06. The molecule has 3 nitrogen and oxygen atoms in total. The van der Waals surface area contributed by atoms with Gasteiger partial charge in [0.05, 0.1) is 13.2 Å². The summed E-state index contributed by atoms with van der Waals surface area (Å²) < 4.78 is 9.95. The van der Waals surface area contributed by atoms with E-state index in [2.05, 4.69) is 6.08 Å². The van der Waals surface area contributed by atoms with Crippen molar-refractivity contribution in [2.75, 3.05) is 19.8 Å². The molecule has 0 atom stereocenters. The van der Waals surface area contributed by atoms with Crippen LogP contribution in [0, 0.1) is 0 Å². The van der Waals surface area contributed by atoms with Crippen molar-refractivity contribution in [1.29, 1.82) is 0 Å². The summed E-state index contributed by atoms with van der Waals surface area (Å²) in [7, 11) is 0. The SMILES string of the molecule is CC(=O)OCC1=CCCOC1. The Morgan fingerprint density at radius 2 is 2.64 bits per heavy atom. The second-order valence-electron chi connectivity index (χ2n) is 2.48. The standard InChI is InChI=1S/C8H12O3/c1-7(9)11-6-8-3-2-4-10-5-8/h3H,2,4-6H2,1H3. The van der Waals surface area contributed by atoms with Gasteiger partial charge in [0.25, 0.3) is 0 Å². The van der Waals surface area contributed by atoms with Gasteiger partial charge < -0.3 is 9.47 Å². The van der Waals surface area contributed by atoms with Crippen LogP contribution in [-0.4, -0.2) is 25.8 Å². The maximum atomic E-state index is 10.4. The molecule has 0 fully saturated rings. The summed E-state index contributed by atoms with van der Waals surface area (Å²) in [6, 6.07) is 0. The fraction of sp³-hybridized carbons (Fsp3) is 0.625. The van der Waals surface area contributed by atoms with Crippen LogP contribution in [0.25, 0.3) is 0 Å². The Morgan fingerprint density at radius 1 is 1.82 bits per heavy atom. The lowest BCUT2D eigenvalue weighted by atomic mass is 10.2. The number of hydrogen-bond acceptors (Lipinski definition) is 3. The molecule has 0 saturated carbocycles. The number of ether oxygens (including phenoxy) is 2. The molecule has 0 radical (unpaired) electrons. The lowest BCUT2D eigenvalue weighted by Crippen LogP contribution is -2.12. The molecule has 0 aromatic heterocycles. The quantitative estimate of drug-likeness (QED) is 0.440. The molecule has 0 saturated heterocycles. The maximum absolute atomic E-state index is 10.4. The van der Waals surface area contributed by atoms with Crippen LogP contribution in [0.3, 0.4) is 0 Å². The third kappa shape index (κ3) is 3.18. The van der Waals surface area contributed by atoms with E-state index >= 15 is 0 Å². The molecular weight excluding hydrogens is 144 g/mol. The maximum Gasteiger partial charge on any atom is 0.302 e. The van der Waals surface area contributed by atoms with Gasteiger partial charge in [-0.3, -0.25) is 4.79 Å². The normalized spacial score (nSPS) is 17.4. The van der Waals surface area contributed by atoms with Crippen molar-refractivity contribution in [3.05, 3.63) is 11.6 Å². The fourth-order valence-corrected chi connectivity index (χ4v) is 0.903. The van der Waals surface area contributed by atoms with Gasteiger partial charge >= 0.3 is 5.97 Å². The van der Waals surface area contributed by atoms with Gasteiger partial charge in [0.15, 0.2) is 0 Å². The average molecular weight is 156 g/mol. The van der Waals surface area contributed by atoms with E-state index in [4.69, 9.17) is 9.47 Å². The molecule has 1 aliphatic rings. The summed E-state index contributed by atoms with van der Waals surface area (Å²) in [5, 5.41) is 0. The van der Waals surface area contributed by atoms with E-state index in [1.165, 1.54) is 6.92 Å². The summed E-state index contributed by atoms with van der Waals surface area (Å²) in [6.45, 7) is 3.18. The van der Waals surface area contributed by atoms with Crippen LogP contribution in [0.1, 0.15) is 13.3 Å². The van der Waals surface area contributed by atoms with Crippen molar-refractivity contribution in [2.24, 2.45) is 0 Å². The molecule has 0 N–H and O–H groups in total. The van der Waals surface area contributed by atoms with Crippen LogP contribution in [0.4, 0.5) is 0 Å². The van der Waals surface area contributed by atoms with E-state index in [0.717, 1.165) is 18.6 Å². The first-order valence-electron chi connectivity index (χ1n) is 3.68. The molecule has 1 aliphatic heterocycles. The van der Waals surface area contributed by atoms with E-state index < -0.39 is 0 Å². The zero-order valence-electron chi connectivity index (χ0n) is 6.63. The van der Waals surface area contributed by atoms with E-state index in [0.29, 0.717) is 13.2 Å². The van der Waals surface area contributed by atoms with Gasteiger partial charge in [-0.05, 0) is 12.0 Å². The molecule has 0 aromatic rings. The van der Waals surface area contributed by atoms with Crippen LogP contribution in [0.15, 0.2) is 11.6 Å². The van der Waals surface area contributed by atoms with Crippen molar-refractivity contribution in [3.8, 4) is 0 Å². The molecule has 0 unspecified atom stereocenters. The minimum absolute atomic E-state index is 0.239. The number of carbonyl (C=O) groups excluding carboxylic acids is 1. The van der Waals surface area contributed by atoms with Crippen molar-refractivity contribution < 1.29 is 14.3 Å². The first-order chi connectivity index (χ1) is 5.29. The fourth-order valence-electron chi connectivity index (χ4n) is 0.903. The summed E-state index contributed by atoms with van der Waals surface area (Å²) in [6.07, 6.45) is 2.99. The highest BCUT2D eigenvalue weighted by Gasteiger charge is 2.04. The van der Waals surface area contributed by atoms with Gasteiger partial charge in [0, 0.05) is 6.92 Å². The third-order valence-electron chi connectivity index (χ3n) is 1.44. The second-order valence-corrected chi connectivity index (χ2v) is 2.48. The van der Waals surface area contributed by atoms with Gasteiger partial charge in [-0.15, -0.1) is 0 Å². The third-order valence-corrected chi connectivity index (χ3v) is 1.44. The zero-order chi connectivity index (χ0) is 8.10. The van der Waals surface area contributed by atoms with Gasteiger partial charge in [-0.25, -0.2) is 0 Å². The molecule has 0 aliphatic carbocycles. The van der Waals surface area contributed by atoms with Crippen LogP contribution < -0.4 is 0 Å². The van der Waals surface area contributed by atoms with Crippen molar-refractivity contribution >= 4 is 5.97 Å². The lowest BCUT2D eigenvalue weighted by molar-refractivity contribution is -0.140. The summed E-state index contributed by atoms with van der Waals surface area (Å²) >= 11 is 0. The number of hydrogen-bond donors (Lipinski definition) is 0. The minimum atomic E-state index is -0.239. The van der Waals surface area contributed by atoms with Crippen molar-refractivity contribution in [3.63, 3.8) is 0 Å². The molecular formula is C8H12O3. The lowest BCUT2D eigenvalue weighted by Gasteiger charge is -2.12. The Bertz CT molecular complexity index is 172. The van der Waals surface area contributed by atoms with Crippen LogP contribution in [0.2, 0.25) is 0 Å². The Balaban J connectivity index is 2.24. The smallest absolute Gasteiger partial charge is 0.302 e. The summed E-state index contributed by atoms with van der Waals surface area (Å²) in [5.74, 6) is -0.239. The molecule has 1 rings (SSSR count). The zero-order valence-corrected chi connectivity index (χ0v) is 6.63. The van der Waals surface area contributed by atoms with E-state index in [1.807, 2.05) is 0 Å². The monoisotopic (exact) mass is 156 g/mol. The molecule has 0 amide bonds. The summed E-state index contributed by atoms with van der Waals surface area (Å²) in [4.78, 5) is 10.4. The van der Waals surface area contributed by atoms with E-state index in [-0.39, 0.29) is 5.97 Å². The largest absolute Gasteiger partial charge is 0.461 e. The molecule has 3 heteroatoms. The van der Waals surface area contributed by atoms with Crippen LogP contribution in [-0.2, 0) is 14.3 Å². The molecule has 62 valence electrons. The Kier molecular flexibility index (Phi) is 3.11. The Labute approximate surface area is 66.0 Å². The van der Waals surface area contributed by atoms with Gasteiger partial charge in [0.2, 0.25) is 0 Å². The Hall–Kier alpha value is -0.830.